The van der Waals surface area contributed by atoms with Gasteiger partial charge in [-0.2, -0.15) is 0 Å². The maximum atomic E-state index is 13.5. The first-order chi connectivity index (χ1) is 8.79. The summed E-state index contributed by atoms with van der Waals surface area (Å²) in [5.41, 5.74) is 0.0473. The maximum absolute atomic E-state index is 13.5. The van der Waals surface area contributed by atoms with Crippen LogP contribution in [-0.4, -0.2) is 20.9 Å². The molecule has 1 saturated carbocycles. The van der Waals surface area contributed by atoms with Crippen LogP contribution in [-0.2, 0) is 10.0 Å². The Kier molecular flexibility index (Phi) is 3.93. The van der Waals surface area contributed by atoms with Gasteiger partial charge in [-0.3, -0.25) is 4.79 Å². The van der Waals surface area contributed by atoms with Gasteiger partial charge in [0, 0.05) is 11.0 Å². The minimum Gasteiger partial charge on any atom is -0.352 e. The highest BCUT2D eigenvalue weighted by molar-refractivity contribution is 9.10. The number of hydrogen-bond donors (Lipinski definition) is 2. The highest BCUT2D eigenvalue weighted by Crippen LogP contribution is 2.28. The van der Waals surface area contributed by atoms with E-state index in [9.17, 15) is 17.6 Å². The maximum Gasteiger partial charge on any atom is 0.252 e. The van der Waals surface area contributed by atoms with Crippen LogP contribution in [0.1, 0.15) is 23.2 Å². The Bertz CT molecular complexity index is 629. The van der Waals surface area contributed by atoms with E-state index in [0.29, 0.717) is 12.5 Å². The molecule has 1 aliphatic rings. The van der Waals surface area contributed by atoms with E-state index in [1.165, 1.54) is 0 Å². The lowest BCUT2D eigenvalue weighted by molar-refractivity contribution is 0.0950. The van der Waals surface area contributed by atoms with Gasteiger partial charge in [0.1, 0.15) is 10.7 Å². The van der Waals surface area contributed by atoms with Gasteiger partial charge in [-0.1, -0.05) is 0 Å². The SMILES string of the molecule is NS(=O)(=O)c1cc(C(=O)NCC2CC2)c(Br)cc1F. The van der Waals surface area contributed by atoms with E-state index < -0.39 is 26.6 Å². The zero-order valence-electron chi connectivity index (χ0n) is 9.82. The fourth-order valence-corrected chi connectivity index (χ4v) is 2.68. The number of primary sulfonamides is 1. The van der Waals surface area contributed by atoms with Crippen molar-refractivity contribution in [2.75, 3.05) is 6.54 Å². The fourth-order valence-electron chi connectivity index (χ4n) is 1.58. The third-order valence-corrected chi connectivity index (χ3v) is 4.40. The summed E-state index contributed by atoms with van der Waals surface area (Å²) >= 11 is 3.03. The summed E-state index contributed by atoms with van der Waals surface area (Å²) in [7, 11) is -4.20. The van der Waals surface area contributed by atoms with Gasteiger partial charge in [0.2, 0.25) is 10.0 Å². The van der Waals surface area contributed by atoms with Gasteiger partial charge < -0.3 is 5.32 Å². The lowest BCUT2D eigenvalue weighted by Crippen LogP contribution is -2.26. The smallest absolute Gasteiger partial charge is 0.252 e. The summed E-state index contributed by atoms with van der Waals surface area (Å²) < 4.78 is 36.1. The van der Waals surface area contributed by atoms with Crippen LogP contribution in [0.15, 0.2) is 21.5 Å². The van der Waals surface area contributed by atoms with Gasteiger partial charge in [0.25, 0.3) is 5.91 Å². The van der Waals surface area contributed by atoms with Crippen LogP contribution in [0.3, 0.4) is 0 Å². The Morgan fingerprint density at radius 3 is 2.63 bits per heavy atom. The lowest BCUT2D eigenvalue weighted by atomic mass is 10.2. The Balaban J connectivity index is 2.30. The molecule has 1 amide bonds. The molecule has 0 saturated heterocycles. The number of halogens is 2. The van der Waals surface area contributed by atoms with Gasteiger partial charge >= 0.3 is 0 Å². The molecule has 1 aromatic carbocycles. The second kappa shape index (κ2) is 5.18. The Labute approximate surface area is 118 Å². The Morgan fingerprint density at radius 2 is 2.11 bits per heavy atom. The standard InChI is InChI=1S/C11H12BrFN2O3S/c12-8-4-9(13)10(19(14,17)18)3-7(8)11(16)15-5-6-1-2-6/h3-4,6H,1-2,5H2,(H,15,16)(H2,14,17,18). The molecule has 1 aliphatic carbocycles. The molecule has 104 valence electrons. The minimum absolute atomic E-state index is 0.0473. The first-order valence-corrected chi connectivity index (χ1v) is 7.93. The van der Waals surface area contributed by atoms with Gasteiger partial charge in [0.15, 0.2) is 0 Å². The van der Waals surface area contributed by atoms with E-state index in [2.05, 4.69) is 21.2 Å². The monoisotopic (exact) mass is 350 g/mol. The number of carbonyl (C=O) groups excluding carboxylic acids is 1. The molecular weight excluding hydrogens is 339 g/mol. The first kappa shape index (κ1) is 14.4. The second-order valence-electron chi connectivity index (χ2n) is 4.46. The largest absolute Gasteiger partial charge is 0.352 e. The summed E-state index contributed by atoms with van der Waals surface area (Å²) in [4.78, 5) is 11.2. The van der Waals surface area contributed by atoms with Crippen LogP contribution in [0.5, 0.6) is 0 Å². The van der Waals surface area contributed by atoms with E-state index in [0.717, 1.165) is 25.0 Å². The predicted octanol–water partition coefficient (Wildman–Crippen LogP) is 1.38. The van der Waals surface area contributed by atoms with Gasteiger partial charge in [-0.05, 0) is 46.8 Å². The third-order valence-electron chi connectivity index (χ3n) is 2.82. The highest BCUT2D eigenvalue weighted by atomic mass is 79.9. The molecule has 8 heteroatoms. The van der Waals surface area contributed by atoms with Crippen LogP contribution in [0.25, 0.3) is 0 Å². The molecular formula is C11H12BrFN2O3S. The fraction of sp³-hybridized carbons (Fsp3) is 0.364. The number of sulfonamides is 1. The second-order valence-corrected chi connectivity index (χ2v) is 6.85. The van der Waals surface area contributed by atoms with E-state index in [-0.39, 0.29) is 10.0 Å². The lowest BCUT2D eigenvalue weighted by Gasteiger charge is -2.09. The van der Waals surface area contributed by atoms with Crippen molar-refractivity contribution in [3.8, 4) is 0 Å². The number of nitrogens with one attached hydrogen (secondary N) is 1. The van der Waals surface area contributed by atoms with Crippen molar-refractivity contribution in [1.82, 2.24) is 5.32 Å². The zero-order valence-corrected chi connectivity index (χ0v) is 12.2. The first-order valence-electron chi connectivity index (χ1n) is 5.59. The number of rotatable bonds is 4. The summed E-state index contributed by atoms with van der Waals surface area (Å²) in [6.45, 7) is 0.535. The van der Waals surface area contributed by atoms with Crippen molar-refractivity contribution in [2.45, 2.75) is 17.7 Å². The van der Waals surface area contributed by atoms with Crippen molar-refractivity contribution < 1.29 is 17.6 Å². The minimum atomic E-state index is -4.20. The van der Waals surface area contributed by atoms with Crippen molar-refractivity contribution in [2.24, 2.45) is 11.1 Å². The van der Waals surface area contributed by atoms with E-state index in [1.807, 2.05) is 0 Å². The predicted molar refractivity (Wildman–Crippen MR) is 70.5 cm³/mol. The molecule has 5 nitrogen and oxygen atoms in total. The molecule has 0 unspecified atom stereocenters. The average molecular weight is 351 g/mol. The van der Waals surface area contributed by atoms with Crippen LogP contribution in [0, 0.1) is 11.7 Å². The molecule has 0 heterocycles. The van der Waals surface area contributed by atoms with E-state index >= 15 is 0 Å². The molecule has 0 atom stereocenters. The van der Waals surface area contributed by atoms with E-state index in [1.54, 1.807) is 0 Å². The number of carbonyl (C=O) groups is 1. The topological polar surface area (TPSA) is 89.3 Å². The molecule has 3 N–H and O–H groups in total. The van der Waals surface area contributed by atoms with Crippen LogP contribution >= 0.6 is 15.9 Å². The molecule has 1 aromatic rings. The summed E-state index contributed by atoms with van der Waals surface area (Å²) in [5.74, 6) is -0.960. The third kappa shape index (κ3) is 3.52. The molecule has 1 fully saturated rings. The van der Waals surface area contributed by atoms with Crippen molar-refractivity contribution >= 4 is 31.9 Å². The summed E-state index contributed by atoms with van der Waals surface area (Å²) in [6.07, 6.45) is 2.15. The molecule has 19 heavy (non-hydrogen) atoms. The molecule has 0 aromatic heterocycles. The molecule has 0 aliphatic heterocycles. The molecule has 2 rings (SSSR count). The van der Waals surface area contributed by atoms with Crippen LogP contribution in [0.2, 0.25) is 0 Å². The van der Waals surface area contributed by atoms with Gasteiger partial charge in [-0.25, -0.2) is 17.9 Å². The van der Waals surface area contributed by atoms with Gasteiger partial charge in [-0.15, -0.1) is 0 Å². The van der Waals surface area contributed by atoms with Crippen LogP contribution < -0.4 is 10.5 Å². The normalized spacial score (nSPS) is 15.3. The van der Waals surface area contributed by atoms with Crippen LogP contribution in [0.4, 0.5) is 4.39 Å². The Morgan fingerprint density at radius 1 is 1.47 bits per heavy atom. The van der Waals surface area contributed by atoms with Crippen molar-refractivity contribution in [3.05, 3.63) is 28.0 Å². The zero-order chi connectivity index (χ0) is 14.2. The summed E-state index contributed by atoms with van der Waals surface area (Å²) in [5, 5.41) is 7.57. The molecule has 0 spiro atoms. The summed E-state index contributed by atoms with van der Waals surface area (Å²) in [6, 6.07) is 1.86. The van der Waals surface area contributed by atoms with E-state index in [4.69, 9.17) is 5.14 Å². The number of benzene rings is 1. The number of amides is 1. The van der Waals surface area contributed by atoms with Crippen molar-refractivity contribution in [1.29, 1.82) is 0 Å². The quantitative estimate of drug-likeness (QED) is 0.859. The van der Waals surface area contributed by atoms with Crippen molar-refractivity contribution in [3.63, 3.8) is 0 Å². The molecule has 0 radical (unpaired) electrons. The average Bonchev–Trinajstić information content (AvgIpc) is 3.07. The number of nitrogens with two attached hydrogens (primary N) is 1. The number of hydrogen-bond acceptors (Lipinski definition) is 3. The van der Waals surface area contributed by atoms with Gasteiger partial charge in [0.05, 0.1) is 5.56 Å². The highest BCUT2D eigenvalue weighted by Gasteiger charge is 2.24. The molecule has 0 bridgehead atoms. The Hall–Kier alpha value is -0.990.